The normalized spacial score (nSPS) is 16.9. The van der Waals surface area contributed by atoms with E-state index in [0.717, 1.165) is 29.3 Å². The maximum absolute atomic E-state index is 13.4. The number of benzene rings is 1. The van der Waals surface area contributed by atoms with Crippen LogP contribution in [0.15, 0.2) is 84.4 Å². The van der Waals surface area contributed by atoms with Crippen LogP contribution in [-0.2, 0) is 29.0 Å². The largest absolute Gasteiger partial charge is 0.489 e. The lowest BCUT2D eigenvalue weighted by molar-refractivity contribution is -0.141. The fourth-order valence-corrected chi connectivity index (χ4v) is 4.41. The van der Waals surface area contributed by atoms with Gasteiger partial charge in [-0.3, -0.25) is 4.99 Å². The summed E-state index contributed by atoms with van der Waals surface area (Å²) in [5.74, 6) is 0.973. The first-order chi connectivity index (χ1) is 18.0. The fraction of sp³-hybridized carbons (Fsp3) is 0.379. The van der Waals surface area contributed by atoms with Crippen LogP contribution in [0.2, 0.25) is 25.7 Å². The summed E-state index contributed by atoms with van der Waals surface area (Å²) < 4.78 is 53.2. The molecule has 0 bridgehead atoms. The fourth-order valence-electron chi connectivity index (χ4n) is 3.65. The highest BCUT2D eigenvalue weighted by atomic mass is 28.3. The summed E-state index contributed by atoms with van der Waals surface area (Å²) in [6, 6.07) is 10.9. The van der Waals surface area contributed by atoms with Gasteiger partial charge < -0.3 is 14.0 Å². The molecule has 204 valence electrons. The number of nitrogens with zero attached hydrogens (tertiary/aromatic N) is 3. The second kappa shape index (κ2) is 13.1. The Morgan fingerprint density at radius 3 is 2.58 bits per heavy atom. The van der Waals surface area contributed by atoms with E-state index in [0.29, 0.717) is 25.2 Å². The molecule has 1 aromatic carbocycles. The van der Waals surface area contributed by atoms with E-state index in [2.05, 4.69) is 36.2 Å². The molecule has 0 unspecified atom stereocenters. The van der Waals surface area contributed by atoms with Crippen molar-refractivity contribution >= 4 is 19.4 Å². The summed E-state index contributed by atoms with van der Waals surface area (Å²) in [6.45, 7) is 13.3. The van der Waals surface area contributed by atoms with Gasteiger partial charge in [-0.15, -0.1) is 0 Å². The van der Waals surface area contributed by atoms with Gasteiger partial charge in [0.05, 0.1) is 0 Å². The summed E-state index contributed by atoms with van der Waals surface area (Å²) in [6.07, 6.45) is 6.07. The lowest BCUT2D eigenvalue weighted by Crippen LogP contribution is -2.22. The van der Waals surface area contributed by atoms with Gasteiger partial charge in [0.15, 0.2) is 5.69 Å². The van der Waals surface area contributed by atoms with E-state index in [9.17, 15) is 13.2 Å². The Hall–Kier alpha value is -3.17. The minimum Gasteiger partial charge on any atom is -0.489 e. The highest BCUT2D eigenvalue weighted by Gasteiger charge is 2.35. The van der Waals surface area contributed by atoms with E-state index >= 15 is 0 Å². The molecule has 38 heavy (non-hydrogen) atoms. The van der Waals surface area contributed by atoms with E-state index in [1.165, 1.54) is 16.8 Å². The van der Waals surface area contributed by atoms with Gasteiger partial charge in [-0.25, -0.2) is 4.98 Å². The van der Waals surface area contributed by atoms with Gasteiger partial charge in [-0.05, 0) is 37.1 Å². The Labute approximate surface area is 224 Å². The molecule has 1 aromatic heterocycles. The second-order valence-electron chi connectivity index (χ2n) is 10.4. The van der Waals surface area contributed by atoms with Crippen molar-refractivity contribution in [1.29, 1.82) is 0 Å². The van der Waals surface area contributed by atoms with Crippen molar-refractivity contribution in [3.8, 4) is 0 Å². The lowest BCUT2D eigenvalue weighted by atomic mass is 9.95. The van der Waals surface area contributed by atoms with Crippen LogP contribution >= 0.6 is 0 Å². The average molecular weight is 544 g/mol. The van der Waals surface area contributed by atoms with E-state index < -0.39 is 19.9 Å². The van der Waals surface area contributed by atoms with Crippen LogP contribution in [0.5, 0.6) is 0 Å². The molecule has 1 heterocycles. The summed E-state index contributed by atoms with van der Waals surface area (Å²) in [4.78, 5) is 8.39. The third-order valence-corrected chi connectivity index (χ3v) is 7.73. The van der Waals surface area contributed by atoms with Crippen LogP contribution in [0.4, 0.5) is 13.2 Å². The maximum atomic E-state index is 13.4. The van der Waals surface area contributed by atoms with Gasteiger partial charge in [0.1, 0.15) is 24.9 Å². The first-order valence-electron chi connectivity index (χ1n) is 12.6. The molecule has 0 N–H and O–H groups in total. The smallest absolute Gasteiger partial charge is 0.434 e. The zero-order valence-electron chi connectivity index (χ0n) is 22.5. The number of halogens is 3. The average Bonchev–Trinajstić information content (AvgIpc) is 3.31. The molecule has 5 nitrogen and oxygen atoms in total. The highest BCUT2D eigenvalue weighted by molar-refractivity contribution is 6.76. The van der Waals surface area contributed by atoms with Crippen molar-refractivity contribution in [1.82, 2.24) is 9.55 Å². The van der Waals surface area contributed by atoms with Gasteiger partial charge in [-0.1, -0.05) is 68.7 Å². The number of alkyl halides is 3. The predicted octanol–water partition coefficient (Wildman–Crippen LogP) is 7.88. The van der Waals surface area contributed by atoms with Gasteiger partial charge in [-0.2, -0.15) is 13.2 Å². The van der Waals surface area contributed by atoms with Crippen molar-refractivity contribution in [2.24, 2.45) is 10.9 Å². The van der Waals surface area contributed by atoms with E-state index in [-0.39, 0.29) is 18.5 Å². The van der Waals surface area contributed by atoms with E-state index in [1.54, 1.807) is 0 Å². The van der Waals surface area contributed by atoms with Crippen LogP contribution in [0, 0.1) is 5.92 Å². The lowest BCUT2D eigenvalue weighted by Gasteiger charge is -2.17. The number of hydrogen-bond acceptors (Lipinski definition) is 4. The number of ether oxygens (including phenoxy) is 2. The molecule has 1 aliphatic rings. The van der Waals surface area contributed by atoms with Crippen molar-refractivity contribution in [2.45, 2.75) is 58.5 Å². The highest BCUT2D eigenvalue weighted by Crippen LogP contribution is 2.30. The standard InChI is InChI=1S/C29H36F3N3O2Si/c1-6-24(28-34-27(29(30,31)32)19-35(28)21-36-16-17-38(3,4)5)18-33-22(2)25-12-14-26(15-13-25)37-20-23-10-8-7-9-11-23/h6-12,14-15,18-19,25H,1,13,16-17,20-21H2,2-5H3/b24-18+,33-22+/t25-/m0/s1. The number of aromatic nitrogens is 2. The van der Waals surface area contributed by atoms with Crippen LogP contribution in [0.25, 0.3) is 5.57 Å². The van der Waals surface area contributed by atoms with Crippen LogP contribution in [0.3, 0.4) is 0 Å². The molecule has 0 fully saturated rings. The molecule has 3 rings (SSSR count). The Balaban J connectivity index is 1.69. The van der Waals surface area contributed by atoms with Crippen LogP contribution < -0.4 is 0 Å². The summed E-state index contributed by atoms with van der Waals surface area (Å²) in [5, 5.41) is 0. The Morgan fingerprint density at radius 2 is 1.97 bits per heavy atom. The summed E-state index contributed by atoms with van der Waals surface area (Å²) in [5.41, 5.74) is 1.32. The molecule has 1 atom stereocenters. The Morgan fingerprint density at radius 1 is 1.24 bits per heavy atom. The molecule has 0 spiro atoms. The monoisotopic (exact) mass is 543 g/mol. The van der Waals surface area contributed by atoms with Crippen LogP contribution in [0.1, 0.15) is 30.4 Å². The third kappa shape index (κ3) is 8.99. The van der Waals surface area contributed by atoms with Gasteiger partial charge in [0, 0.05) is 44.3 Å². The number of aliphatic imine (C=N–C) groups is 1. The number of rotatable bonds is 12. The Bertz CT molecular complexity index is 1210. The molecule has 0 saturated heterocycles. The third-order valence-electron chi connectivity index (χ3n) is 6.03. The van der Waals surface area contributed by atoms with Gasteiger partial charge in [0.25, 0.3) is 0 Å². The van der Waals surface area contributed by atoms with E-state index in [1.807, 2.05) is 55.5 Å². The molecule has 0 saturated carbocycles. The first kappa shape index (κ1) is 29.4. The Kier molecular flexibility index (Phi) is 10.1. The van der Waals surface area contributed by atoms with Crippen LogP contribution in [-0.4, -0.2) is 29.9 Å². The topological polar surface area (TPSA) is 48.6 Å². The zero-order chi connectivity index (χ0) is 27.8. The number of hydrogen-bond donors (Lipinski definition) is 0. The summed E-state index contributed by atoms with van der Waals surface area (Å²) >= 11 is 0. The molecular weight excluding hydrogens is 507 g/mol. The zero-order valence-corrected chi connectivity index (χ0v) is 23.5. The van der Waals surface area contributed by atoms with Gasteiger partial charge in [0.2, 0.25) is 0 Å². The molecule has 0 amide bonds. The SMILES string of the molecule is C=C/C(=C\N=C(/C)[C@H]1C=CC(OCc2ccccc2)=CC1)c1nc(C(F)(F)F)cn1COCC[Si](C)(C)C. The van der Waals surface area contributed by atoms with Crippen molar-refractivity contribution in [2.75, 3.05) is 6.61 Å². The minimum atomic E-state index is -4.57. The minimum absolute atomic E-state index is 0.0291. The number of allylic oxidation sites excluding steroid dienone is 5. The van der Waals surface area contributed by atoms with Crippen molar-refractivity contribution in [3.05, 3.63) is 96.5 Å². The molecule has 0 radical (unpaired) electrons. The second-order valence-corrected chi connectivity index (χ2v) is 16.0. The van der Waals surface area contributed by atoms with Crippen molar-refractivity contribution in [3.63, 3.8) is 0 Å². The molecule has 1 aliphatic carbocycles. The molecular formula is C29H36F3N3O2Si. The predicted molar refractivity (Wildman–Crippen MR) is 149 cm³/mol. The first-order valence-corrected chi connectivity index (χ1v) is 16.3. The summed E-state index contributed by atoms with van der Waals surface area (Å²) in [7, 11) is -1.32. The quantitative estimate of drug-likeness (QED) is 0.118. The number of imidazole rings is 1. The molecule has 0 aliphatic heterocycles. The maximum Gasteiger partial charge on any atom is 0.434 e. The molecule has 9 heteroatoms. The van der Waals surface area contributed by atoms with Gasteiger partial charge >= 0.3 is 6.18 Å². The van der Waals surface area contributed by atoms with E-state index in [4.69, 9.17) is 9.47 Å². The molecule has 2 aromatic rings. The van der Waals surface area contributed by atoms with Crippen molar-refractivity contribution < 1.29 is 22.6 Å².